The fraction of sp³-hybridized carbons (Fsp3) is 0.389. The molecule has 0 saturated carbocycles. The van der Waals surface area contributed by atoms with E-state index in [0.717, 1.165) is 6.42 Å². The number of aryl methyl sites for hydroxylation is 1. The third-order valence-electron chi connectivity index (χ3n) is 3.94. The molecule has 1 heterocycles. The number of unbranched alkanes of at least 4 members (excludes halogenated alkanes) is 1. The normalized spacial score (nSPS) is 13.7. The lowest BCUT2D eigenvalue weighted by Gasteiger charge is -2.18. The molecular weight excluding hydrogens is 292 g/mol. The van der Waals surface area contributed by atoms with Gasteiger partial charge in [0.15, 0.2) is 6.04 Å². The molecule has 3 nitrogen and oxygen atoms in total. The summed E-state index contributed by atoms with van der Waals surface area (Å²) in [7, 11) is 0. The van der Waals surface area contributed by atoms with Crippen molar-refractivity contribution >= 4 is 17.2 Å². The summed E-state index contributed by atoms with van der Waals surface area (Å²) in [6.45, 7) is 4.07. The highest BCUT2D eigenvalue weighted by molar-refractivity contribution is 7.10. The van der Waals surface area contributed by atoms with Crippen LogP contribution in [0.4, 0.5) is 0 Å². The van der Waals surface area contributed by atoms with E-state index >= 15 is 0 Å². The molecule has 0 fully saturated rings. The molecule has 1 amide bonds. The van der Waals surface area contributed by atoms with E-state index in [2.05, 4.69) is 48.0 Å². The first-order valence-corrected chi connectivity index (χ1v) is 8.76. The van der Waals surface area contributed by atoms with Crippen LogP contribution in [0.3, 0.4) is 0 Å². The first-order chi connectivity index (χ1) is 10.6. The lowest BCUT2D eigenvalue weighted by atomic mass is 10.0. The maximum atomic E-state index is 11.4. The molecule has 22 heavy (non-hydrogen) atoms. The number of hydrogen-bond donors (Lipinski definition) is 2. The Kier molecular flexibility index (Phi) is 6.16. The van der Waals surface area contributed by atoms with E-state index in [1.165, 1.54) is 28.8 Å². The lowest BCUT2D eigenvalue weighted by molar-refractivity contribution is -0.704. The summed E-state index contributed by atoms with van der Waals surface area (Å²) in [5, 5.41) is 4.12. The minimum atomic E-state index is -0.277. The molecule has 0 unspecified atom stereocenters. The highest BCUT2D eigenvalue weighted by Gasteiger charge is 2.24. The average Bonchev–Trinajstić information content (AvgIpc) is 3.05. The van der Waals surface area contributed by atoms with Crippen molar-refractivity contribution in [2.24, 2.45) is 5.73 Å². The van der Waals surface area contributed by atoms with Crippen LogP contribution in [-0.2, 0) is 11.2 Å². The highest BCUT2D eigenvalue weighted by Crippen LogP contribution is 2.23. The molecule has 2 rings (SSSR count). The Labute approximate surface area is 136 Å². The highest BCUT2D eigenvalue weighted by atomic mass is 32.1. The van der Waals surface area contributed by atoms with Crippen molar-refractivity contribution in [3.63, 3.8) is 0 Å². The van der Waals surface area contributed by atoms with E-state index in [-0.39, 0.29) is 18.0 Å². The average molecular weight is 317 g/mol. The summed E-state index contributed by atoms with van der Waals surface area (Å²) in [6, 6.07) is 12.8. The fourth-order valence-electron chi connectivity index (χ4n) is 2.49. The molecule has 0 bridgehead atoms. The summed E-state index contributed by atoms with van der Waals surface area (Å²) in [5.74, 6) is -0.277. The minimum Gasteiger partial charge on any atom is -0.365 e. The van der Waals surface area contributed by atoms with Gasteiger partial charge in [0.05, 0.1) is 4.88 Å². The number of primary amides is 1. The lowest BCUT2D eigenvalue weighted by Crippen LogP contribution is -2.92. The predicted molar refractivity (Wildman–Crippen MR) is 91.8 cm³/mol. The SMILES string of the molecule is CCCCc1ccc([C@H]([NH2+][C@@H](C)C(N)=O)c2cccs2)cc1. The molecule has 0 radical (unpaired) electrons. The summed E-state index contributed by atoms with van der Waals surface area (Å²) >= 11 is 1.71. The van der Waals surface area contributed by atoms with Crippen LogP contribution in [0.25, 0.3) is 0 Å². The quantitative estimate of drug-likeness (QED) is 0.772. The molecule has 2 atom stereocenters. The van der Waals surface area contributed by atoms with Gasteiger partial charge in [0.1, 0.15) is 6.04 Å². The summed E-state index contributed by atoms with van der Waals surface area (Å²) in [5.41, 5.74) is 8.02. The van der Waals surface area contributed by atoms with Gasteiger partial charge in [0.2, 0.25) is 0 Å². The van der Waals surface area contributed by atoms with Gasteiger partial charge in [-0.3, -0.25) is 4.79 Å². The molecule has 4 heteroatoms. The van der Waals surface area contributed by atoms with Crippen molar-refractivity contribution in [1.82, 2.24) is 0 Å². The number of thiophene rings is 1. The van der Waals surface area contributed by atoms with Gasteiger partial charge in [0.25, 0.3) is 5.91 Å². The second-order valence-electron chi connectivity index (χ2n) is 5.72. The number of quaternary nitrogens is 1. The van der Waals surface area contributed by atoms with Crippen LogP contribution in [0.15, 0.2) is 41.8 Å². The van der Waals surface area contributed by atoms with Crippen molar-refractivity contribution < 1.29 is 10.1 Å². The Balaban J connectivity index is 2.19. The van der Waals surface area contributed by atoms with Crippen molar-refractivity contribution in [1.29, 1.82) is 0 Å². The van der Waals surface area contributed by atoms with Crippen molar-refractivity contribution in [3.05, 3.63) is 57.8 Å². The smallest absolute Gasteiger partial charge is 0.275 e. The van der Waals surface area contributed by atoms with Gasteiger partial charge in [0, 0.05) is 5.56 Å². The van der Waals surface area contributed by atoms with Crippen molar-refractivity contribution in [3.8, 4) is 0 Å². The third kappa shape index (κ3) is 4.42. The van der Waals surface area contributed by atoms with Crippen LogP contribution in [0.5, 0.6) is 0 Å². The van der Waals surface area contributed by atoms with Crippen LogP contribution in [0.1, 0.15) is 48.7 Å². The van der Waals surface area contributed by atoms with Crippen LogP contribution >= 0.6 is 11.3 Å². The zero-order valence-electron chi connectivity index (χ0n) is 13.3. The topological polar surface area (TPSA) is 59.7 Å². The van der Waals surface area contributed by atoms with Crippen LogP contribution in [-0.4, -0.2) is 11.9 Å². The van der Waals surface area contributed by atoms with Gasteiger partial charge >= 0.3 is 0 Å². The molecule has 0 aliphatic heterocycles. The molecule has 0 spiro atoms. The second-order valence-corrected chi connectivity index (χ2v) is 6.70. The van der Waals surface area contributed by atoms with E-state index in [4.69, 9.17) is 5.73 Å². The molecule has 0 aliphatic rings. The first kappa shape index (κ1) is 16.7. The largest absolute Gasteiger partial charge is 0.365 e. The van der Waals surface area contributed by atoms with Crippen LogP contribution in [0, 0.1) is 0 Å². The Hall–Kier alpha value is -1.65. The van der Waals surface area contributed by atoms with Gasteiger partial charge in [-0.25, -0.2) is 0 Å². The maximum absolute atomic E-state index is 11.4. The molecule has 1 aromatic carbocycles. The van der Waals surface area contributed by atoms with Crippen molar-refractivity contribution in [2.75, 3.05) is 0 Å². The molecule has 118 valence electrons. The van der Waals surface area contributed by atoms with E-state index in [0.29, 0.717) is 0 Å². The number of hydrogen-bond acceptors (Lipinski definition) is 2. The van der Waals surface area contributed by atoms with Gasteiger partial charge < -0.3 is 11.1 Å². The Morgan fingerprint density at radius 1 is 1.27 bits per heavy atom. The summed E-state index contributed by atoms with van der Waals surface area (Å²) in [4.78, 5) is 12.6. The van der Waals surface area contributed by atoms with Crippen LogP contribution in [0.2, 0.25) is 0 Å². The number of rotatable bonds is 8. The molecule has 1 aromatic heterocycles. The number of carbonyl (C=O) groups is 1. The Morgan fingerprint density at radius 3 is 2.55 bits per heavy atom. The van der Waals surface area contributed by atoms with Gasteiger partial charge in [-0.15, -0.1) is 11.3 Å². The zero-order valence-corrected chi connectivity index (χ0v) is 14.1. The summed E-state index contributed by atoms with van der Waals surface area (Å²) in [6.07, 6.45) is 3.56. The summed E-state index contributed by atoms with van der Waals surface area (Å²) < 4.78 is 0. The maximum Gasteiger partial charge on any atom is 0.275 e. The number of carbonyl (C=O) groups excluding carboxylic acids is 1. The Bertz CT molecular complexity index is 578. The van der Waals surface area contributed by atoms with E-state index in [1.54, 1.807) is 11.3 Å². The molecular formula is C18H25N2OS+. The van der Waals surface area contributed by atoms with Crippen molar-refractivity contribution in [2.45, 2.75) is 45.2 Å². The van der Waals surface area contributed by atoms with Gasteiger partial charge in [-0.05, 0) is 36.8 Å². The Morgan fingerprint density at radius 2 is 2.00 bits per heavy atom. The van der Waals surface area contributed by atoms with E-state index in [1.807, 2.05) is 13.0 Å². The molecule has 0 saturated heterocycles. The van der Waals surface area contributed by atoms with Gasteiger partial charge in [-0.1, -0.05) is 43.7 Å². The monoisotopic (exact) mass is 317 g/mol. The second kappa shape index (κ2) is 8.11. The standard InChI is InChI=1S/C18H24N2OS/c1-3-4-6-14-8-10-15(11-9-14)17(16-7-5-12-22-16)20-13(2)18(19)21/h5,7-13,17,20H,3-4,6H2,1-2H3,(H2,19,21)/p+1/t13-,17-/m0/s1. The minimum absolute atomic E-state index is 0.128. The third-order valence-corrected chi connectivity index (χ3v) is 4.89. The predicted octanol–water partition coefficient (Wildman–Crippen LogP) is 2.62. The fourth-order valence-corrected chi connectivity index (χ4v) is 3.33. The van der Waals surface area contributed by atoms with E-state index < -0.39 is 0 Å². The van der Waals surface area contributed by atoms with Crippen LogP contribution < -0.4 is 11.1 Å². The number of amides is 1. The first-order valence-electron chi connectivity index (χ1n) is 7.88. The molecule has 4 N–H and O–H groups in total. The van der Waals surface area contributed by atoms with Gasteiger partial charge in [-0.2, -0.15) is 0 Å². The molecule has 0 aliphatic carbocycles. The number of nitrogens with two attached hydrogens (primary N) is 2. The zero-order chi connectivity index (χ0) is 15.9. The number of benzene rings is 1. The van der Waals surface area contributed by atoms with E-state index in [9.17, 15) is 4.79 Å². The molecule has 2 aromatic rings.